The molecule has 1 N–H and O–H groups in total. The molecule has 0 bridgehead atoms. The lowest BCUT2D eigenvalue weighted by Crippen LogP contribution is -2.11. The van der Waals surface area contributed by atoms with E-state index in [1.807, 2.05) is 30.4 Å². The van der Waals surface area contributed by atoms with E-state index < -0.39 is 6.10 Å². The second-order valence-electron chi connectivity index (χ2n) is 5.93. The lowest BCUT2D eigenvalue weighted by atomic mass is 10.0. The molecule has 1 aliphatic rings. The molecule has 2 unspecified atom stereocenters. The van der Waals surface area contributed by atoms with Crippen LogP contribution in [0.15, 0.2) is 61.3 Å². The molecule has 23 heavy (non-hydrogen) atoms. The summed E-state index contributed by atoms with van der Waals surface area (Å²) >= 11 is 0. The van der Waals surface area contributed by atoms with Crippen molar-refractivity contribution in [2.45, 2.75) is 63.6 Å². The third-order valence-corrected chi connectivity index (χ3v) is 3.95. The molecule has 0 radical (unpaired) electrons. The Morgan fingerprint density at radius 3 is 2.70 bits per heavy atom. The van der Waals surface area contributed by atoms with Crippen LogP contribution in [0.2, 0.25) is 0 Å². The van der Waals surface area contributed by atoms with Crippen LogP contribution in [0.4, 0.5) is 0 Å². The van der Waals surface area contributed by atoms with E-state index >= 15 is 0 Å². The molecular weight excluding hydrogens is 284 g/mol. The number of rotatable bonds is 13. The zero-order chi connectivity index (χ0) is 16.8. The number of aliphatic hydroxyl groups is 1. The lowest BCUT2D eigenvalue weighted by molar-refractivity contribution is 0.0839. The van der Waals surface area contributed by atoms with E-state index in [9.17, 15) is 5.11 Å². The Balaban J connectivity index is 2.16. The fourth-order valence-corrected chi connectivity index (χ4v) is 2.52. The molecule has 0 aromatic rings. The quantitative estimate of drug-likeness (QED) is 0.370. The predicted molar refractivity (Wildman–Crippen MR) is 99.4 cm³/mol. The zero-order valence-electron chi connectivity index (χ0n) is 14.3. The molecule has 1 rings (SSSR count). The number of ether oxygens (including phenoxy) is 1. The molecule has 0 saturated carbocycles. The van der Waals surface area contributed by atoms with Crippen LogP contribution in [0, 0.1) is 0 Å². The van der Waals surface area contributed by atoms with Crippen LogP contribution in [0.1, 0.15) is 51.4 Å². The Bertz CT molecular complexity index is 418. The van der Waals surface area contributed by atoms with Crippen LogP contribution in [0.3, 0.4) is 0 Å². The molecule has 2 nitrogen and oxygen atoms in total. The molecule has 0 aromatic carbocycles. The van der Waals surface area contributed by atoms with Gasteiger partial charge in [0.05, 0.1) is 12.2 Å². The van der Waals surface area contributed by atoms with Gasteiger partial charge >= 0.3 is 0 Å². The standard InChI is InChI=1S/C21H32O2/c1-3-5-6-7-8-12-18-23-20(4-2)16-13-17-21(22)19-14-10-9-11-15-19/h3-4,10,13-15,17,20-22H,1-2,5-9,11-12,16,18H2/b17-13+. The molecule has 0 aromatic heterocycles. The first kappa shape index (κ1) is 19.7. The predicted octanol–water partition coefficient (Wildman–Crippen LogP) is 5.28. The molecule has 0 heterocycles. The van der Waals surface area contributed by atoms with Gasteiger partial charge < -0.3 is 9.84 Å². The number of allylic oxidation sites excluding steroid dienone is 3. The second-order valence-corrected chi connectivity index (χ2v) is 5.93. The van der Waals surface area contributed by atoms with Crippen LogP contribution < -0.4 is 0 Å². The van der Waals surface area contributed by atoms with E-state index in [-0.39, 0.29) is 6.10 Å². The molecule has 0 aliphatic heterocycles. The van der Waals surface area contributed by atoms with Crippen molar-refractivity contribution in [3.63, 3.8) is 0 Å². The van der Waals surface area contributed by atoms with Crippen LogP contribution >= 0.6 is 0 Å². The van der Waals surface area contributed by atoms with Crippen molar-refractivity contribution in [3.8, 4) is 0 Å². The monoisotopic (exact) mass is 316 g/mol. The topological polar surface area (TPSA) is 29.5 Å². The van der Waals surface area contributed by atoms with Crippen LogP contribution in [0.5, 0.6) is 0 Å². The Morgan fingerprint density at radius 2 is 2.00 bits per heavy atom. The van der Waals surface area contributed by atoms with E-state index in [0.717, 1.165) is 44.3 Å². The van der Waals surface area contributed by atoms with Crippen molar-refractivity contribution in [2.24, 2.45) is 0 Å². The molecule has 0 saturated heterocycles. The number of hydrogen-bond acceptors (Lipinski definition) is 2. The first-order valence-electron chi connectivity index (χ1n) is 8.84. The number of aliphatic hydroxyl groups excluding tert-OH is 1. The average molecular weight is 316 g/mol. The Labute approximate surface area is 141 Å². The zero-order valence-corrected chi connectivity index (χ0v) is 14.3. The van der Waals surface area contributed by atoms with E-state index in [1.54, 1.807) is 0 Å². The van der Waals surface area contributed by atoms with Crippen molar-refractivity contribution in [2.75, 3.05) is 6.61 Å². The maximum atomic E-state index is 10.1. The van der Waals surface area contributed by atoms with Crippen LogP contribution in [-0.4, -0.2) is 23.9 Å². The van der Waals surface area contributed by atoms with Crippen molar-refractivity contribution >= 4 is 0 Å². The van der Waals surface area contributed by atoms with Gasteiger partial charge in [0, 0.05) is 6.61 Å². The fourth-order valence-electron chi connectivity index (χ4n) is 2.52. The highest BCUT2D eigenvalue weighted by Gasteiger charge is 2.07. The first-order chi connectivity index (χ1) is 11.3. The van der Waals surface area contributed by atoms with E-state index in [2.05, 4.69) is 25.3 Å². The molecule has 0 fully saturated rings. The molecule has 0 amide bonds. The molecule has 0 spiro atoms. The van der Waals surface area contributed by atoms with Gasteiger partial charge in [0.15, 0.2) is 0 Å². The molecule has 128 valence electrons. The molecular formula is C21H32O2. The highest BCUT2D eigenvalue weighted by Crippen LogP contribution is 2.15. The summed E-state index contributed by atoms with van der Waals surface area (Å²) in [6, 6.07) is 0. The summed E-state index contributed by atoms with van der Waals surface area (Å²) < 4.78 is 5.83. The minimum atomic E-state index is -0.512. The van der Waals surface area contributed by atoms with Gasteiger partial charge in [0.2, 0.25) is 0 Å². The Kier molecular flexibility index (Phi) is 11.2. The van der Waals surface area contributed by atoms with E-state index in [0.29, 0.717) is 0 Å². The summed E-state index contributed by atoms with van der Waals surface area (Å²) in [6.07, 6.45) is 22.1. The van der Waals surface area contributed by atoms with Crippen molar-refractivity contribution in [1.29, 1.82) is 0 Å². The molecule has 1 aliphatic carbocycles. The van der Waals surface area contributed by atoms with E-state index in [4.69, 9.17) is 4.74 Å². The summed E-state index contributed by atoms with van der Waals surface area (Å²) in [4.78, 5) is 0. The van der Waals surface area contributed by atoms with E-state index in [1.165, 1.54) is 19.3 Å². The fraction of sp³-hybridized carbons (Fsp3) is 0.524. The maximum absolute atomic E-state index is 10.1. The van der Waals surface area contributed by atoms with Gasteiger partial charge in [-0.15, -0.1) is 13.2 Å². The van der Waals surface area contributed by atoms with Crippen molar-refractivity contribution in [1.82, 2.24) is 0 Å². The van der Waals surface area contributed by atoms with Gasteiger partial charge in [-0.05, 0) is 44.1 Å². The SMILES string of the molecule is C=CCCCCCCOC(C=C)C/C=C/C(O)C1=CCCC=C1. The molecule has 2 atom stereocenters. The van der Waals surface area contributed by atoms with Crippen molar-refractivity contribution < 1.29 is 9.84 Å². The van der Waals surface area contributed by atoms with Gasteiger partial charge in [0.1, 0.15) is 0 Å². The Hall–Kier alpha value is -1.38. The normalized spacial score (nSPS) is 17.0. The lowest BCUT2D eigenvalue weighted by Gasteiger charge is -2.13. The summed E-state index contributed by atoms with van der Waals surface area (Å²) in [6.45, 7) is 8.34. The Morgan fingerprint density at radius 1 is 1.17 bits per heavy atom. The second kappa shape index (κ2) is 13.1. The van der Waals surface area contributed by atoms with Crippen LogP contribution in [-0.2, 0) is 4.74 Å². The summed E-state index contributed by atoms with van der Waals surface area (Å²) in [5, 5.41) is 10.1. The van der Waals surface area contributed by atoms with Gasteiger partial charge in [-0.2, -0.15) is 0 Å². The average Bonchev–Trinajstić information content (AvgIpc) is 2.60. The minimum absolute atomic E-state index is 0.0301. The third-order valence-electron chi connectivity index (χ3n) is 3.95. The van der Waals surface area contributed by atoms with Gasteiger partial charge in [-0.3, -0.25) is 0 Å². The summed E-state index contributed by atoms with van der Waals surface area (Å²) in [7, 11) is 0. The first-order valence-corrected chi connectivity index (χ1v) is 8.84. The number of unbranched alkanes of at least 4 members (excludes halogenated alkanes) is 4. The summed E-state index contributed by atoms with van der Waals surface area (Å²) in [5.41, 5.74) is 0.989. The highest BCUT2D eigenvalue weighted by atomic mass is 16.5. The third kappa shape index (κ3) is 9.37. The molecule has 2 heteroatoms. The van der Waals surface area contributed by atoms with Crippen molar-refractivity contribution in [3.05, 3.63) is 61.3 Å². The van der Waals surface area contributed by atoms with Gasteiger partial charge in [-0.1, -0.05) is 55.4 Å². The summed E-state index contributed by atoms with van der Waals surface area (Å²) in [5.74, 6) is 0. The maximum Gasteiger partial charge on any atom is 0.0968 e. The van der Waals surface area contributed by atoms with Gasteiger partial charge in [0.25, 0.3) is 0 Å². The smallest absolute Gasteiger partial charge is 0.0968 e. The largest absolute Gasteiger partial charge is 0.384 e. The minimum Gasteiger partial charge on any atom is -0.384 e. The van der Waals surface area contributed by atoms with Gasteiger partial charge in [-0.25, -0.2) is 0 Å². The number of hydrogen-bond donors (Lipinski definition) is 1. The van der Waals surface area contributed by atoms with Crippen LogP contribution in [0.25, 0.3) is 0 Å². The highest BCUT2D eigenvalue weighted by molar-refractivity contribution is 5.29.